The van der Waals surface area contributed by atoms with E-state index in [9.17, 15) is 14.4 Å². The number of Topliss-reactive ketones (excluding diaryl/α,β-unsaturated/α-hetero) is 2. The van der Waals surface area contributed by atoms with Crippen LogP contribution >= 0.6 is 0 Å². The van der Waals surface area contributed by atoms with Gasteiger partial charge in [-0.1, -0.05) is 73.3 Å². The summed E-state index contributed by atoms with van der Waals surface area (Å²) in [6.45, 7) is 3.98. The fourth-order valence-corrected chi connectivity index (χ4v) is 6.90. The van der Waals surface area contributed by atoms with Crippen molar-refractivity contribution in [1.82, 2.24) is 9.88 Å². The predicted octanol–water partition coefficient (Wildman–Crippen LogP) is 5.63. The van der Waals surface area contributed by atoms with E-state index in [1.165, 1.54) is 0 Å². The summed E-state index contributed by atoms with van der Waals surface area (Å²) in [6.07, 6.45) is 6.98. The second-order valence-electron chi connectivity index (χ2n) is 10.7. The number of ether oxygens (including phenoxy) is 1. The number of carbonyl (C=O) groups excluding carboxylic acids is 3. The maximum absolute atomic E-state index is 14.9. The number of hydrogen-bond acceptors (Lipinski definition) is 6. The lowest BCUT2D eigenvalue weighted by atomic mass is 9.62. The third-order valence-electron chi connectivity index (χ3n) is 8.53. The fraction of sp³-hybridized carbons (Fsp3) is 0.143. The van der Waals surface area contributed by atoms with Crippen LogP contribution in [0.25, 0.3) is 6.08 Å². The van der Waals surface area contributed by atoms with Gasteiger partial charge in [0.1, 0.15) is 29.5 Å². The molecule has 4 heterocycles. The first-order valence-electron chi connectivity index (χ1n) is 13.8. The van der Waals surface area contributed by atoms with Crippen LogP contribution in [0, 0.1) is 5.92 Å². The van der Waals surface area contributed by atoms with E-state index in [0.717, 1.165) is 11.1 Å². The van der Waals surface area contributed by atoms with Gasteiger partial charge in [-0.15, -0.1) is 0 Å². The molecule has 4 atom stereocenters. The van der Waals surface area contributed by atoms with E-state index in [-0.39, 0.29) is 29.8 Å². The van der Waals surface area contributed by atoms with Gasteiger partial charge >= 0.3 is 0 Å². The SMILES string of the molecule is C=CCOc1cccc(C(=O)[C@@H]2[C@H](C(=O)c3ccccn3)N3C=Cc4ccccc4[C@@H]3[C@]23C(=O)Nc2ccccc23)c1. The highest BCUT2D eigenvalue weighted by Crippen LogP contribution is 2.62. The van der Waals surface area contributed by atoms with Gasteiger partial charge in [-0.05, 0) is 53.1 Å². The third kappa shape index (κ3) is 3.66. The third-order valence-corrected chi connectivity index (χ3v) is 8.53. The van der Waals surface area contributed by atoms with Crippen molar-refractivity contribution in [3.05, 3.63) is 144 Å². The number of pyridine rings is 1. The Morgan fingerprint density at radius 2 is 1.79 bits per heavy atom. The Bertz CT molecular complexity index is 1780. The number of anilines is 1. The normalized spacial score (nSPS) is 23.1. The summed E-state index contributed by atoms with van der Waals surface area (Å²) in [5.41, 5.74) is 2.34. The van der Waals surface area contributed by atoms with E-state index in [4.69, 9.17) is 4.74 Å². The first-order chi connectivity index (χ1) is 20.6. The first-order valence-corrected chi connectivity index (χ1v) is 13.8. The Morgan fingerprint density at radius 3 is 2.62 bits per heavy atom. The average Bonchev–Trinajstić information content (AvgIpc) is 3.52. The van der Waals surface area contributed by atoms with Crippen LogP contribution < -0.4 is 10.1 Å². The smallest absolute Gasteiger partial charge is 0.238 e. The molecular weight excluding hydrogens is 526 g/mol. The molecule has 1 spiro atoms. The molecule has 0 radical (unpaired) electrons. The van der Waals surface area contributed by atoms with E-state index in [0.29, 0.717) is 22.6 Å². The van der Waals surface area contributed by atoms with Crippen LogP contribution in [-0.4, -0.2) is 40.0 Å². The minimum Gasteiger partial charge on any atom is -0.490 e. The topological polar surface area (TPSA) is 88.6 Å². The van der Waals surface area contributed by atoms with Crippen LogP contribution in [-0.2, 0) is 10.2 Å². The quantitative estimate of drug-likeness (QED) is 0.236. The van der Waals surface area contributed by atoms with Gasteiger partial charge in [-0.3, -0.25) is 19.4 Å². The highest BCUT2D eigenvalue weighted by atomic mass is 16.5. The molecule has 1 aromatic heterocycles. The van der Waals surface area contributed by atoms with E-state index in [1.54, 1.807) is 54.7 Å². The molecule has 0 aliphatic carbocycles. The minimum atomic E-state index is -1.40. The number of aromatic nitrogens is 1. The molecule has 42 heavy (non-hydrogen) atoms. The predicted molar refractivity (Wildman–Crippen MR) is 159 cm³/mol. The Kier molecular flexibility index (Phi) is 6.08. The molecule has 3 aliphatic heterocycles. The number of nitrogens with zero attached hydrogens (tertiary/aromatic N) is 2. The van der Waals surface area contributed by atoms with Gasteiger partial charge in [0.05, 0.1) is 12.0 Å². The summed E-state index contributed by atoms with van der Waals surface area (Å²) in [6, 6.07) is 25.7. The van der Waals surface area contributed by atoms with E-state index >= 15 is 0 Å². The summed E-state index contributed by atoms with van der Waals surface area (Å²) < 4.78 is 5.74. The van der Waals surface area contributed by atoms with E-state index < -0.39 is 23.4 Å². The molecular formula is C35H27N3O4. The number of amides is 1. The zero-order valence-corrected chi connectivity index (χ0v) is 22.6. The molecule has 7 rings (SSSR count). The number of para-hydroxylation sites is 1. The average molecular weight is 554 g/mol. The Hall–Kier alpha value is -5.30. The van der Waals surface area contributed by atoms with Crippen molar-refractivity contribution >= 4 is 29.2 Å². The molecule has 4 aromatic rings. The Labute approximate surface area is 243 Å². The number of carbonyl (C=O) groups is 3. The van der Waals surface area contributed by atoms with Crippen molar-refractivity contribution in [2.75, 3.05) is 11.9 Å². The summed E-state index contributed by atoms with van der Waals surface area (Å²) in [5.74, 6) is -1.53. The van der Waals surface area contributed by atoms with Gasteiger partial charge in [0.15, 0.2) is 5.78 Å². The monoisotopic (exact) mass is 553 g/mol. The molecule has 7 nitrogen and oxygen atoms in total. The van der Waals surface area contributed by atoms with Crippen molar-refractivity contribution < 1.29 is 19.1 Å². The summed E-state index contributed by atoms with van der Waals surface area (Å²) in [4.78, 5) is 50.1. The van der Waals surface area contributed by atoms with Gasteiger partial charge in [0.25, 0.3) is 0 Å². The van der Waals surface area contributed by atoms with Crippen molar-refractivity contribution in [2.24, 2.45) is 5.92 Å². The number of benzene rings is 3. The Morgan fingerprint density at radius 1 is 0.976 bits per heavy atom. The van der Waals surface area contributed by atoms with E-state index in [2.05, 4.69) is 16.9 Å². The lowest BCUT2D eigenvalue weighted by Gasteiger charge is -2.38. The molecule has 3 aromatic carbocycles. The van der Waals surface area contributed by atoms with Crippen molar-refractivity contribution in [2.45, 2.75) is 17.5 Å². The van der Waals surface area contributed by atoms with Gasteiger partial charge in [0, 0.05) is 23.6 Å². The lowest BCUT2D eigenvalue weighted by Crippen LogP contribution is -2.49. The van der Waals surface area contributed by atoms with Gasteiger partial charge in [-0.2, -0.15) is 0 Å². The first kappa shape index (κ1) is 25.7. The van der Waals surface area contributed by atoms with Gasteiger partial charge in [-0.25, -0.2) is 0 Å². The molecule has 1 amide bonds. The van der Waals surface area contributed by atoms with E-state index in [1.807, 2.05) is 65.7 Å². The van der Waals surface area contributed by atoms with Crippen molar-refractivity contribution in [3.8, 4) is 5.75 Å². The molecule has 206 valence electrons. The number of fused-ring (bicyclic) bond motifs is 6. The summed E-state index contributed by atoms with van der Waals surface area (Å²) in [7, 11) is 0. The molecule has 0 unspecified atom stereocenters. The second-order valence-corrected chi connectivity index (χ2v) is 10.7. The maximum Gasteiger partial charge on any atom is 0.238 e. The Balaban J connectivity index is 1.50. The highest BCUT2D eigenvalue weighted by molar-refractivity contribution is 6.16. The zero-order chi connectivity index (χ0) is 28.8. The van der Waals surface area contributed by atoms with Crippen LogP contribution in [0.3, 0.4) is 0 Å². The van der Waals surface area contributed by atoms with Crippen molar-refractivity contribution in [1.29, 1.82) is 0 Å². The number of nitrogens with one attached hydrogen (secondary N) is 1. The number of hydrogen-bond donors (Lipinski definition) is 1. The molecule has 0 bridgehead atoms. The zero-order valence-electron chi connectivity index (χ0n) is 22.6. The molecule has 1 fully saturated rings. The van der Waals surface area contributed by atoms with Crippen LogP contribution in [0.2, 0.25) is 0 Å². The van der Waals surface area contributed by atoms with Crippen molar-refractivity contribution in [3.63, 3.8) is 0 Å². The minimum absolute atomic E-state index is 0.234. The highest BCUT2D eigenvalue weighted by Gasteiger charge is 2.70. The fourth-order valence-electron chi connectivity index (χ4n) is 6.90. The van der Waals surface area contributed by atoms with Crippen LogP contribution in [0.4, 0.5) is 5.69 Å². The number of ketones is 2. The van der Waals surface area contributed by atoms with Gasteiger partial charge in [0.2, 0.25) is 11.7 Å². The van der Waals surface area contributed by atoms with Crippen LogP contribution in [0.1, 0.15) is 43.6 Å². The molecule has 7 heteroatoms. The van der Waals surface area contributed by atoms with Crippen LogP contribution in [0.5, 0.6) is 5.75 Å². The maximum atomic E-state index is 14.9. The molecule has 1 saturated heterocycles. The lowest BCUT2D eigenvalue weighted by molar-refractivity contribution is -0.122. The molecule has 1 N–H and O–H groups in total. The summed E-state index contributed by atoms with van der Waals surface area (Å²) in [5, 5.41) is 3.06. The summed E-state index contributed by atoms with van der Waals surface area (Å²) >= 11 is 0. The molecule has 3 aliphatic rings. The van der Waals surface area contributed by atoms with Gasteiger partial charge < -0.3 is 15.0 Å². The molecule has 0 saturated carbocycles. The largest absolute Gasteiger partial charge is 0.490 e. The second kappa shape index (κ2) is 9.96. The standard InChI is InChI=1S/C35H27N3O4/c1-2-20-42-24-12-9-11-23(21-24)31(39)29-30(32(40)28-16-7-8-18-36-28)38-19-17-22-10-3-4-13-25(22)33(38)35(29)26-14-5-6-15-27(26)37-34(35)41/h2-19,21,29-30,33H,1,20H2,(H,37,41)/t29-,30+,33+,35+/m0/s1. The number of rotatable bonds is 7. The van der Waals surface area contributed by atoms with Crippen LogP contribution in [0.15, 0.2) is 116 Å².